The Morgan fingerprint density at radius 1 is 1.41 bits per heavy atom. The van der Waals surface area contributed by atoms with Gasteiger partial charge >= 0.3 is 0 Å². The molecular formula is C13H17ClN2O. The van der Waals surface area contributed by atoms with Crippen molar-refractivity contribution >= 4 is 22.5 Å². The molecule has 1 N–H and O–H groups in total. The molecule has 0 spiro atoms. The van der Waals surface area contributed by atoms with E-state index in [1.165, 1.54) is 16.6 Å². The van der Waals surface area contributed by atoms with E-state index in [9.17, 15) is 0 Å². The number of halogens is 1. The Labute approximate surface area is 106 Å². The molecule has 1 heterocycles. The molecule has 2 aromatic rings. The number of benzene rings is 1. The standard InChI is InChI=1S/C13H17ClN2O/c1-8-10(7-15-2)9-5-13(17-4)11(14)6-12(9)16(8)3/h5-6,15H,7H2,1-4H3. The number of fused-ring (bicyclic) bond motifs is 1. The van der Waals surface area contributed by atoms with Crippen molar-refractivity contribution in [3.63, 3.8) is 0 Å². The van der Waals surface area contributed by atoms with Gasteiger partial charge in [0.2, 0.25) is 0 Å². The van der Waals surface area contributed by atoms with E-state index in [4.69, 9.17) is 16.3 Å². The Hall–Kier alpha value is -1.19. The number of aromatic nitrogens is 1. The number of nitrogens with zero attached hydrogens (tertiary/aromatic N) is 1. The predicted octanol–water partition coefficient (Wildman–Crippen LogP) is 2.87. The Morgan fingerprint density at radius 2 is 2.12 bits per heavy atom. The van der Waals surface area contributed by atoms with E-state index in [2.05, 4.69) is 23.9 Å². The van der Waals surface area contributed by atoms with Gasteiger partial charge in [-0.15, -0.1) is 0 Å². The van der Waals surface area contributed by atoms with Crippen LogP contribution >= 0.6 is 11.6 Å². The minimum Gasteiger partial charge on any atom is -0.495 e. The summed E-state index contributed by atoms with van der Waals surface area (Å²) in [6.45, 7) is 2.96. The number of hydrogen-bond acceptors (Lipinski definition) is 2. The highest BCUT2D eigenvalue weighted by Gasteiger charge is 2.14. The monoisotopic (exact) mass is 252 g/mol. The molecule has 0 aliphatic heterocycles. The molecule has 0 radical (unpaired) electrons. The van der Waals surface area contributed by atoms with Gasteiger partial charge in [0.1, 0.15) is 5.75 Å². The zero-order valence-corrected chi connectivity index (χ0v) is 11.4. The van der Waals surface area contributed by atoms with Crippen molar-refractivity contribution < 1.29 is 4.74 Å². The molecule has 3 nitrogen and oxygen atoms in total. The lowest BCUT2D eigenvalue weighted by Gasteiger charge is -2.04. The van der Waals surface area contributed by atoms with Crippen LogP contribution in [0.15, 0.2) is 12.1 Å². The third-order valence-electron chi connectivity index (χ3n) is 3.25. The van der Waals surface area contributed by atoms with E-state index in [-0.39, 0.29) is 0 Å². The zero-order chi connectivity index (χ0) is 12.6. The number of hydrogen-bond donors (Lipinski definition) is 1. The van der Waals surface area contributed by atoms with Crippen molar-refractivity contribution in [2.45, 2.75) is 13.5 Å². The number of ether oxygens (including phenoxy) is 1. The Balaban J connectivity index is 2.77. The summed E-state index contributed by atoms with van der Waals surface area (Å²) in [6.07, 6.45) is 0. The molecule has 1 aromatic carbocycles. The highest BCUT2D eigenvalue weighted by molar-refractivity contribution is 6.32. The second-order valence-corrected chi connectivity index (χ2v) is 4.56. The lowest BCUT2D eigenvalue weighted by molar-refractivity contribution is 0.415. The first-order chi connectivity index (χ1) is 8.10. The van der Waals surface area contributed by atoms with Gasteiger partial charge in [0.05, 0.1) is 17.6 Å². The van der Waals surface area contributed by atoms with E-state index >= 15 is 0 Å². The molecule has 0 fully saturated rings. The SMILES string of the molecule is CNCc1c(C)n(C)c2cc(Cl)c(OC)cc12. The van der Waals surface area contributed by atoms with Gasteiger partial charge in [-0.1, -0.05) is 11.6 Å². The van der Waals surface area contributed by atoms with Gasteiger partial charge in [0.25, 0.3) is 0 Å². The average Bonchev–Trinajstić information content (AvgIpc) is 2.54. The third kappa shape index (κ3) is 1.90. The summed E-state index contributed by atoms with van der Waals surface area (Å²) in [5.74, 6) is 0.724. The predicted molar refractivity (Wildman–Crippen MR) is 72.0 cm³/mol. The fraction of sp³-hybridized carbons (Fsp3) is 0.385. The van der Waals surface area contributed by atoms with Crippen LogP contribution < -0.4 is 10.1 Å². The van der Waals surface area contributed by atoms with Gasteiger partial charge < -0.3 is 14.6 Å². The van der Waals surface area contributed by atoms with Gasteiger partial charge in [-0.25, -0.2) is 0 Å². The molecule has 0 unspecified atom stereocenters. The second-order valence-electron chi connectivity index (χ2n) is 4.16. The van der Waals surface area contributed by atoms with Crippen LogP contribution in [0.1, 0.15) is 11.3 Å². The molecule has 0 aliphatic rings. The van der Waals surface area contributed by atoms with Crippen molar-refractivity contribution in [1.82, 2.24) is 9.88 Å². The summed E-state index contributed by atoms with van der Waals surface area (Å²) in [5, 5.41) is 5.04. The first kappa shape index (κ1) is 12.3. The number of rotatable bonds is 3. The van der Waals surface area contributed by atoms with Gasteiger partial charge in [-0.2, -0.15) is 0 Å². The van der Waals surface area contributed by atoms with Gasteiger partial charge in [0.15, 0.2) is 0 Å². The molecule has 0 atom stereocenters. The maximum Gasteiger partial charge on any atom is 0.138 e. The Bertz CT molecular complexity index is 560. The highest BCUT2D eigenvalue weighted by Crippen LogP contribution is 2.34. The normalized spacial score (nSPS) is 11.1. The maximum absolute atomic E-state index is 6.16. The van der Waals surface area contributed by atoms with Crippen LogP contribution in [0.4, 0.5) is 0 Å². The van der Waals surface area contributed by atoms with Gasteiger partial charge in [0, 0.05) is 24.7 Å². The molecule has 0 bridgehead atoms. The lowest BCUT2D eigenvalue weighted by atomic mass is 10.1. The molecule has 0 saturated carbocycles. The van der Waals surface area contributed by atoms with Crippen molar-refractivity contribution in [3.8, 4) is 5.75 Å². The third-order valence-corrected chi connectivity index (χ3v) is 3.55. The summed E-state index contributed by atoms with van der Waals surface area (Å²) < 4.78 is 7.43. The first-order valence-corrected chi connectivity index (χ1v) is 5.94. The molecule has 92 valence electrons. The molecular weight excluding hydrogens is 236 g/mol. The van der Waals surface area contributed by atoms with Crippen LogP contribution in [0.5, 0.6) is 5.75 Å². The summed E-state index contributed by atoms with van der Waals surface area (Å²) in [5.41, 5.74) is 3.68. The molecule has 4 heteroatoms. The minimum absolute atomic E-state index is 0.650. The van der Waals surface area contributed by atoms with E-state index in [1.807, 2.05) is 19.2 Å². The fourth-order valence-corrected chi connectivity index (χ4v) is 2.43. The largest absolute Gasteiger partial charge is 0.495 e. The molecule has 1 aromatic heterocycles. The summed E-state index contributed by atoms with van der Waals surface area (Å²) >= 11 is 6.16. The highest BCUT2D eigenvalue weighted by atomic mass is 35.5. The average molecular weight is 253 g/mol. The van der Waals surface area contributed by atoms with Crippen molar-refractivity contribution in [3.05, 3.63) is 28.4 Å². The Kier molecular flexibility index (Phi) is 3.31. The first-order valence-electron chi connectivity index (χ1n) is 5.56. The second kappa shape index (κ2) is 4.59. The van der Waals surface area contributed by atoms with Crippen molar-refractivity contribution in [1.29, 1.82) is 0 Å². The van der Waals surface area contributed by atoms with Crippen molar-refractivity contribution in [2.75, 3.05) is 14.2 Å². The van der Waals surface area contributed by atoms with Crippen LogP contribution in [0.2, 0.25) is 5.02 Å². The van der Waals surface area contributed by atoms with E-state index in [1.54, 1.807) is 7.11 Å². The zero-order valence-electron chi connectivity index (χ0n) is 10.6. The Morgan fingerprint density at radius 3 is 2.71 bits per heavy atom. The number of aryl methyl sites for hydroxylation is 1. The smallest absolute Gasteiger partial charge is 0.138 e. The fourth-order valence-electron chi connectivity index (χ4n) is 2.20. The van der Waals surface area contributed by atoms with Gasteiger partial charge in [-0.05, 0) is 31.7 Å². The van der Waals surface area contributed by atoms with Gasteiger partial charge in [-0.3, -0.25) is 0 Å². The maximum atomic E-state index is 6.16. The van der Waals surface area contributed by atoms with E-state index in [0.717, 1.165) is 17.8 Å². The molecule has 0 aliphatic carbocycles. The van der Waals surface area contributed by atoms with Crippen LogP contribution in [0, 0.1) is 6.92 Å². The topological polar surface area (TPSA) is 26.2 Å². The summed E-state index contributed by atoms with van der Waals surface area (Å²) in [4.78, 5) is 0. The van der Waals surface area contributed by atoms with Crippen LogP contribution in [-0.2, 0) is 13.6 Å². The van der Waals surface area contributed by atoms with Crippen LogP contribution in [0.3, 0.4) is 0 Å². The molecule has 2 rings (SSSR count). The van der Waals surface area contributed by atoms with E-state index in [0.29, 0.717) is 5.02 Å². The minimum atomic E-state index is 0.650. The molecule has 0 saturated heterocycles. The quantitative estimate of drug-likeness (QED) is 0.909. The van der Waals surface area contributed by atoms with E-state index < -0.39 is 0 Å². The molecule has 0 amide bonds. The summed E-state index contributed by atoms with van der Waals surface area (Å²) in [6, 6.07) is 3.97. The molecule has 17 heavy (non-hydrogen) atoms. The number of nitrogens with one attached hydrogen (secondary N) is 1. The lowest BCUT2D eigenvalue weighted by Crippen LogP contribution is -2.06. The van der Waals surface area contributed by atoms with Crippen molar-refractivity contribution in [2.24, 2.45) is 7.05 Å². The van der Waals surface area contributed by atoms with Crippen LogP contribution in [-0.4, -0.2) is 18.7 Å². The number of methoxy groups -OCH3 is 1. The summed E-state index contributed by atoms with van der Waals surface area (Å²) in [7, 11) is 5.64. The van der Waals surface area contributed by atoms with Crippen LogP contribution in [0.25, 0.3) is 10.9 Å².